The SMILES string of the molecule is Cc1nc(NC(CCN(CCCCc2ccc3c(n2)NCCC3)CC(C)(C)O)C(=O)O)c2ccc(F)cc2n1. The van der Waals surface area contributed by atoms with E-state index in [1.165, 1.54) is 17.7 Å². The Balaban J connectivity index is 1.36. The number of nitrogens with one attached hydrogen (secondary N) is 2. The van der Waals surface area contributed by atoms with Gasteiger partial charge in [0.05, 0.1) is 11.1 Å². The molecular weight excluding hydrogens is 499 g/mol. The number of carboxylic acids is 1. The molecule has 0 spiro atoms. The van der Waals surface area contributed by atoms with Gasteiger partial charge in [-0.2, -0.15) is 0 Å². The molecule has 0 bridgehead atoms. The summed E-state index contributed by atoms with van der Waals surface area (Å²) in [6, 6.07) is 7.54. The number of anilines is 2. The largest absolute Gasteiger partial charge is 0.480 e. The monoisotopic (exact) mass is 538 g/mol. The van der Waals surface area contributed by atoms with Crippen LogP contribution in [0.15, 0.2) is 30.3 Å². The fraction of sp³-hybridized carbons (Fsp3) is 0.517. The number of rotatable bonds is 13. The van der Waals surface area contributed by atoms with Crippen molar-refractivity contribution in [2.45, 2.75) is 70.9 Å². The van der Waals surface area contributed by atoms with Crippen molar-refractivity contribution < 1.29 is 19.4 Å². The molecule has 1 unspecified atom stereocenters. The van der Waals surface area contributed by atoms with E-state index in [2.05, 4.69) is 37.6 Å². The molecule has 1 aliphatic heterocycles. The molecule has 1 aromatic carbocycles. The molecule has 1 aliphatic rings. The van der Waals surface area contributed by atoms with E-state index in [4.69, 9.17) is 4.98 Å². The molecule has 0 fully saturated rings. The van der Waals surface area contributed by atoms with E-state index in [1.54, 1.807) is 26.8 Å². The normalized spacial score (nSPS) is 14.2. The highest BCUT2D eigenvalue weighted by Crippen LogP contribution is 2.23. The molecule has 0 amide bonds. The Kier molecular flexibility index (Phi) is 9.29. The van der Waals surface area contributed by atoms with Crippen LogP contribution in [0.1, 0.15) is 56.6 Å². The molecule has 9 nitrogen and oxygen atoms in total. The zero-order chi connectivity index (χ0) is 28.0. The van der Waals surface area contributed by atoms with E-state index < -0.39 is 23.4 Å². The number of halogens is 1. The van der Waals surface area contributed by atoms with Crippen molar-refractivity contribution in [3.8, 4) is 0 Å². The lowest BCUT2D eigenvalue weighted by Crippen LogP contribution is -2.42. The minimum absolute atomic E-state index is 0.301. The van der Waals surface area contributed by atoms with Gasteiger partial charge in [0.2, 0.25) is 0 Å². The van der Waals surface area contributed by atoms with Crippen LogP contribution < -0.4 is 10.6 Å². The van der Waals surface area contributed by atoms with Crippen LogP contribution in [0.2, 0.25) is 0 Å². The van der Waals surface area contributed by atoms with Crippen molar-refractivity contribution in [3.63, 3.8) is 0 Å². The number of hydrogen-bond acceptors (Lipinski definition) is 8. The average Bonchev–Trinajstić information content (AvgIpc) is 2.87. The fourth-order valence-electron chi connectivity index (χ4n) is 5.03. The molecule has 4 N–H and O–H groups in total. The van der Waals surface area contributed by atoms with Gasteiger partial charge in [0, 0.05) is 36.8 Å². The van der Waals surface area contributed by atoms with Crippen LogP contribution in [-0.4, -0.2) is 73.9 Å². The van der Waals surface area contributed by atoms with Crippen molar-refractivity contribution in [2.75, 3.05) is 36.8 Å². The van der Waals surface area contributed by atoms with Crippen LogP contribution in [0.25, 0.3) is 10.9 Å². The van der Waals surface area contributed by atoms with Crippen molar-refractivity contribution in [2.24, 2.45) is 0 Å². The Labute approximate surface area is 228 Å². The Bertz CT molecular complexity index is 1290. The predicted molar refractivity (Wildman–Crippen MR) is 151 cm³/mol. The van der Waals surface area contributed by atoms with E-state index >= 15 is 0 Å². The summed E-state index contributed by atoms with van der Waals surface area (Å²) in [6.45, 7) is 7.80. The predicted octanol–water partition coefficient (Wildman–Crippen LogP) is 4.18. The molecule has 39 heavy (non-hydrogen) atoms. The molecule has 0 saturated carbocycles. The maximum absolute atomic E-state index is 13.7. The van der Waals surface area contributed by atoms with Crippen LogP contribution in [0, 0.1) is 12.7 Å². The number of aromatic nitrogens is 3. The van der Waals surface area contributed by atoms with E-state index in [-0.39, 0.29) is 0 Å². The van der Waals surface area contributed by atoms with Gasteiger partial charge < -0.3 is 25.7 Å². The Morgan fingerprint density at radius 1 is 1.18 bits per heavy atom. The summed E-state index contributed by atoms with van der Waals surface area (Å²) >= 11 is 0. The minimum atomic E-state index is -1.00. The number of aliphatic carboxylic acids is 1. The number of carbonyl (C=O) groups is 1. The molecule has 0 saturated heterocycles. The van der Waals surface area contributed by atoms with Crippen LogP contribution in [0.3, 0.4) is 0 Å². The Hall–Kier alpha value is -3.37. The van der Waals surface area contributed by atoms with E-state index in [9.17, 15) is 19.4 Å². The third-order valence-electron chi connectivity index (χ3n) is 6.83. The zero-order valence-corrected chi connectivity index (χ0v) is 23.0. The summed E-state index contributed by atoms with van der Waals surface area (Å²) in [6.07, 6.45) is 5.21. The summed E-state index contributed by atoms with van der Waals surface area (Å²) < 4.78 is 13.7. The van der Waals surface area contributed by atoms with Gasteiger partial charge >= 0.3 is 5.97 Å². The highest BCUT2D eigenvalue weighted by Gasteiger charge is 2.23. The number of benzene rings is 1. The summed E-state index contributed by atoms with van der Waals surface area (Å²) in [5, 5.41) is 27.4. The lowest BCUT2D eigenvalue weighted by molar-refractivity contribution is -0.138. The first-order valence-electron chi connectivity index (χ1n) is 13.7. The third kappa shape index (κ3) is 8.31. The van der Waals surface area contributed by atoms with Gasteiger partial charge in [-0.1, -0.05) is 6.07 Å². The smallest absolute Gasteiger partial charge is 0.326 e. The van der Waals surface area contributed by atoms with Gasteiger partial charge in [-0.3, -0.25) is 0 Å². The van der Waals surface area contributed by atoms with Crippen molar-refractivity contribution in [3.05, 3.63) is 53.2 Å². The lowest BCUT2D eigenvalue weighted by Gasteiger charge is -2.30. The molecule has 2 aromatic heterocycles. The summed E-state index contributed by atoms with van der Waals surface area (Å²) in [7, 11) is 0. The van der Waals surface area contributed by atoms with E-state index in [1.807, 2.05) is 0 Å². The van der Waals surface area contributed by atoms with Gasteiger partial charge in [0.15, 0.2) is 0 Å². The highest BCUT2D eigenvalue weighted by molar-refractivity contribution is 5.91. The molecular formula is C29H39FN6O3. The Morgan fingerprint density at radius 3 is 2.77 bits per heavy atom. The van der Waals surface area contributed by atoms with Gasteiger partial charge in [-0.25, -0.2) is 24.1 Å². The van der Waals surface area contributed by atoms with Gasteiger partial charge in [0.1, 0.15) is 29.3 Å². The summed E-state index contributed by atoms with van der Waals surface area (Å²) in [5.41, 5.74) is 1.85. The summed E-state index contributed by atoms with van der Waals surface area (Å²) in [4.78, 5) is 27.7. The lowest BCUT2D eigenvalue weighted by atomic mass is 10.1. The van der Waals surface area contributed by atoms with Crippen LogP contribution in [0.4, 0.5) is 16.0 Å². The van der Waals surface area contributed by atoms with Crippen LogP contribution in [-0.2, 0) is 17.6 Å². The molecule has 3 heterocycles. The number of nitrogens with zero attached hydrogens (tertiary/aromatic N) is 4. The standard InChI is InChI=1S/C29H39FN6O3/c1-19-32-25-17-21(30)10-12-23(25)27(33-19)35-24(28(37)38)13-16-36(18-29(2,3)39)15-5-4-8-22-11-9-20-7-6-14-31-26(20)34-22/h9-12,17,24,39H,4-8,13-16,18H2,1-3H3,(H,31,34)(H,37,38)(H,32,33,35). The molecule has 4 rings (SSSR count). The van der Waals surface area contributed by atoms with Crippen molar-refractivity contribution in [1.29, 1.82) is 0 Å². The van der Waals surface area contributed by atoms with E-state index in [0.29, 0.717) is 42.1 Å². The first-order chi connectivity index (χ1) is 18.6. The number of aliphatic hydroxyl groups is 1. The second-order valence-electron chi connectivity index (χ2n) is 11.0. The molecule has 0 radical (unpaired) electrons. The van der Waals surface area contributed by atoms with Gasteiger partial charge in [-0.05, 0) is 89.6 Å². The highest BCUT2D eigenvalue weighted by atomic mass is 19.1. The number of hydrogen-bond donors (Lipinski definition) is 4. The minimum Gasteiger partial charge on any atom is -0.480 e. The quantitative estimate of drug-likeness (QED) is 0.237. The second-order valence-corrected chi connectivity index (χ2v) is 11.0. The average molecular weight is 539 g/mol. The fourth-order valence-corrected chi connectivity index (χ4v) is 5.03. The zero-order valence-electron chi connectivity index (χ0n) is 23.0. The van der Waals surface area contributed by atoms with E-state index in [0.717, 1.165) is 56.7 Å². The number of carboxylic acid groups (broad SMARTS) is 1. The van der Waals surface area contributed by atoms with Crippen molar-refractivity contribution in [1.82, 2.24) is 19.9 Å². The molecule has 210 valence electrons. The molecule has 0 aliphatic carbocycles. The van der Waals surface area contributed by atoms with Crippen LogP contribution in [0.5, 0.6) is 0 Å². The maximum Gasteiger partial charge on any atom is 0.326 e. The molecule has 3 aromatic rings. The first kappa shape index (κ1) is 28.6. The second kappa shape index (κ2) is 12.7. The van der Waals surface area contributed by atoms with Crippen LogP contribution >= 0.6 is 0 Å². The topological polar surface area (TPSA) is 124 Å². The maximum atomic E-state index is 13.7. The number of unbranched alkanes of at least 4 members (excludes halogenated alkanes) is 1. The number of aryl methyl sites for hydroxylation is 3. The van der Waals surface area contributed by atoms with Crippen molar-refractivity contribution >= 4 is 28.5 Å². The molecule has 1 atom stereocenters. The Morgan fingerprint density at radius 2 is 2.00 bits per heavy atom. The number of pyridine rings is 1. The first-order valence-corrected chi connectivity index (χ1v) is 13.7. The van der Waals surface area contributed by atoms with Gasteiger partial charge in [-0.15, -0.1) is 0 Å². The number of fused-ring (bicyclic) bond motifs is 2. The molecule has 10 heteroatoms. The van der Waals surface area contributed by atoms with Gasteiger partial charge in [0.25, 0.3) is 0 Å². The summed E-state index contributed by atoms with van der Waals surface area (Å²) in [5.74, 6) is 0.379. The third-order valence-corrected chi connectivity index (χ3v) is 6.83.